The maximum Gasteiger partial charge on any atom is 0.119 e. The number of aryl methyl sites for hydroxylation is 3. The van der Waals surface area contributed by atoms with Gasteiger partial charge in [-0.1, -0.05) is 94.8 Å². The Hall–Kier alpha value is -2.61. The van der Waals surface area contributed by atoms with Gasteiger partial charge in [0.2, 0.25) is 0 Å². The van der Waals surface area contributed by atoms with E-state index in [1.807, 2.05) is 6.20 Å². The third kappa shape index (κ3) is 9.04. The van der Waals surface area contributed by atoms with E-state index in [2.05, 4.69) is 74.5 Å². The molecular weight excluding hydrogens is 402 g/mol. The molecule has 0 aliphatic rings. The van der Waals surface area contributed by atoms with Crippen LogP contribution < -0.4 is 4.74 Å². The Labute approximate surface area is 201 Å². The molecule has 0 aliphatic carbocycles. The number of hydrogen-bond donors (Lipinski definition) is 0. The van der Waals surface area contributed by atoms with Crippen LogP contribution >= 0.6 is 0 Å². The maximum absolute atomic E-state index is 5.85. The minimum atomic E-state index is 0.819. The average Bonchev–Trinajstić information content (AvgIpc) is 2.87. The van der Waals surface area contributed by atoms with Crippen LogP contribution in [0.3, 0.4) is 0 Å². The summed E-state index contributed by atoms with van der Waals surface area (Å²) in [6.45, 7) is 5.31. The summed E-state index contributed by atoms with van der Waals surface area (Å²) in [6.07, 6.45) is 15.4. The van der Waals surface area contributed by atoms with Gasteiger partial charge in [0.1, 0.15) is 5.75 Å². The van der Waals surface area contributed by atoms with Crippen LogP contribution in [0.2, 0.25) is 0 Å². The zero-order valence-corrected chi connectivity index (χ0v) is 20.7. The SMILES string of the molecule is CCCCCCOc1ccc(CCc2ccc(-c3ccc(CCCCCC)cc3)nc2)cc1. The molecule has 0 aliphatic heterocycles. The van der Waals surface area contributed by atoms with Crippen LogP contribution in [0.15, 0.2) is 66.9 Å². The lowest BCUT2D eigenvalue weighted by atomic mass is 10.0. The first-order chi connectivity index (χ1) is 16.3. The number of pyridine rings is 1. The molecule has 1 heterocycles. The zero-order chi connectivity index (χ0) is 23.1. The van der Waals surface area contributed by atoms with Gasteiger partial charge in [0, 0.05) is 11.8 Å². The lowest BCUT2D eigenvalue weighted by Gasteiger charge is -2.08. The molecule has 0 radical (unpaired) electrons. The van der Waals surface area contributed by atoms with Gasteiger partial charge in [-0.2, -0.15) is 0 Å². The molecular formula is C31H41NO. The number of unbranched alkanes of at least 4 members (excludes halogenated alkanes) is 6. The van der Waals surface area contributed by atoms with E-state index in [1.54, 1.807) is 0 Å². The van der Waals surface area contributed by atoms with Crippen LogP contribution in [0.5, 0.6) is 5.75 Å². The van der Waals surface area contributed by atoms with Gasteiger partial charge in [-0.05, 0) is 67.0 Å². The fourth-order valence-electron chi connectivity index (χ4n) is 4.10. The van der Waals surface area contributed by atoms with E-state index in [0.29, 0.717) is 0 Å². The van der Waals surface area contributed by atoms with Crippen LogP contribution in [0.1, 0.15) is 81.9 Å². The second-order valence-electron chi connectivity index (χ2n) is 9.11. The fourth-order valence-corrected chi connectivity index (χ4v) is 4.10. The molecule has 2 aromatic carbocycles. The van der Waals surface area contributed by atoms with E-state index < -0.39 is 0 Å². The van der Waals surface area contributed by atoms with Gasteiger partial charge < -0.3 is 4.74 Å². The second kappa shape index (κ2) is 14.5. The molecule has 0 unspecified atom stereocenters. The largest absolute Gasteiger partial charge is 0.494 e. The first kappa shape index (κ1) is 25.0. The first-order valence-electron chi connectivity index (χ1n) is 13.0. The summed E-state index contributed by atoms with van der Waals surface area (Å²) >= 11 is 0. The van der Waals surface area contributed by atoms with Crippen LogP contribution in [-0.4, -0.2) is 11.6 Å². The molecule has 33 heavy (non-hydrogen) atoms. The first-order valence-corrected chi connectivity index (χ1v) is 13.0. The third-order valence-corrected chi connectivity index (χ3v) is 6.29. The van der Waals surface area contributed by atoms with Crippen LogP contribution in [0.4, 0.5) is 0 Å². The van der Waals surface area contributed by atoms with Gasteiger partial charge in [0.25, 0.3) is 0 Å². The molecule has 0 saturated carbocycles. The summed E-state index contributed by atoms with van der Waals surface area (Å²) in [4.78, 5) is 4.73. The molecule has 1 aromatic heterocycles. The van der Waals surface area contributed by atoms with Crippen molar-refractivity contribution in [2.24, 2.45) is 0 Å². The second-order valence-corrected chi connectivity index (χ2v) is 9.11. The number of hydrogen-bond acceptors (Lipinski definition) is 2. The van der Waals surface area contributed by atoms with Gasteiger partial charge in [-0.15, -0.1) is 0 Å². The zero-order valence-electron chi connectivity index (χ0n) is 20.7. The van der Waals surface area contributed by atoms with Crippen LogP contribution in [0.25, 0.3) is 11.3 Å². The van der Waals surface area contributed by atoms with Crippen molar-refractivity contribution in [3.63, 3.8) is 0 Å². The number of nitrogens with zero attached hydrogens (tertiary/aromatic N) is 1. The summed E-state index contributed by atoms with van der Waals surface area (Å²) in [5, 5.41) is 0. The van der Waals surface area contributed by atoms with Crippen molar-refractivity contribution in [1.29, 1.82) is 0 Å². The Morgan fingerprint density at radius 3 is 1.85 bits per heavy atom. The molecule has 0 amide bonds. The van der Waals surface area contributed by atoms with Crippen molar-refractivity contribution in [2.45, 2.75) is 84.5 Å². The van der Waals surface area contributed by atoms with E-state index in [9.17, 15) is 0 Å². The van der Waals surface area contributed by atoms with Crippen molar-refractivity contribution >= 4 is 0 Å². The van der Waals surface area contributed by atoms with E-state index >= 15 is 0 Å². The summed E-state index contributed by atoms with van der Waals surface area (Å²) in [6, 6.07) is 21.9. The molecule has 3 aromatic rings. The highest BCUT2D eigenvalue weighted by Crippen LogP contribution is 2.20. The minimum Gasteiger partial charge on any atom is -0.494 e. The van der Waals surface area contributed by atoms with Crippen LogP contribution in [0, 0.1) is 0 Å². The van der Waals surface area contributed by atoms with Gasteiger partial charge in [-0.25, -0.2) is 0 Å². The van der Waals surface area contributed by atoms with Gasteiger partial charge in [0.05, 0.1) is 12.3 Å². The van der Waals surface area contributed by atoms with Crippen molar-refractivity contribution in [3.8, 4) is 17.0 Å². The summed E-state index contributed by atoms with van der Waals surface area (Å²) in [5.41, 5.74) is 6.30. The Bertz CT molecular complexity index is 897. The molecule has 2 heteroatoms. The quantitative estimate of drug-likeness (QED) is 0.219. The highest BCUT2D eigenvalue weighted by Gasteiger charge is 2.03. The average molecular weight is 444 g/mol. The highest BCUT2D eigenvalue weighted by molar-refractivity contribution is 5.59. The normalized spacial score (nSPS) is 11.0. The Balaban J connectivity index is 1.43. The predicted molar refractivity (Wildman–Crippen MR) is 141 cm³/mol. The molecule has 176 valence electrons. The van der Waals surface area contributed by atoms with E-state index in [-0.39, 0.29) is 0 Å². The number of benzene rings is 2. The van der Waals surface area contributed by atoms with Crippen molar-refractivity contribution in [1.82, 2.24) is 4.98 Å². The highest BCUT2D eigenvalue weighted by atomic mass is 16.5. The monoisotopic (exact) mass is 443 g/mol. The van der Waals surface area contributed by atoms with Gasteiger partial charge in [0.15, 0.2) is 0 Å². The van der Waals surface area contributed by atoms with Crippen molar-refractivity contribution in [2.75, 3.05) is 6.61 Å². The minimum absolute atomic E-state index is 0.819. The Kier molecular flexibility index (Phi) is 11.0. The van der Waals surface area contributed by atoms with Gasteiger partial charge >= 0.3 is 0 Å². The number of aromatic nitrogens is 1. The van der Waals surface area contributed by atoms with E-state index in [4.69, 9.17) is 9.72 Å². The Morgan fingerprint density at radius 1 is 0.576 bits per heavy atom. The number of ether oxygens (including phenoxy) is 1. The molecule has 0 fully saturated rings. The lowest BCUT2D eigenvalue weighted by Crippen LogP contribution is -1.98. The third-order valence-electron chi connectivity index (χ3n) is 6.29. The number of rotatable bonds is 15. The summed E-state index contributed by atoms with van der Waals surface area (Å²) in [7, 11) is 0. The van der Waals surface area contributed by atoms with E-state index in [0.717, 1.165) is 37.3 Å². The molecule has 0 N–H and O–H groups in total. The Morgan fingerprint density at radius 2 is 1.18 bits per heavy atom. The molecule has 0 atom stereocenters. The molecule has 3 rings (SSSR count). The van der Waals surface area contributed by atoms with Gasteiger partial charge in [-0.3, -0.25) is 4.98 Å². The molecule has 0 spiro atoms. The van der Waals surface area contributed by atoms with Crippen LogP contribution in [-0.2, 0) is 19.3 Å². The topological polar surface area (TPSA) is 22.1 Å². The smallest absolute Gasteiger partial charge is 0.119 e. The maximum atomic E-state index is 5.85. The summed E-state index contributed by atoms with van der Waals surface area (Å²) in [5.74, 6) is 0.980. The molecule has 0 saturated heterocycles. The van der Waals surface area contributed by atoms with Crippen molar-refractivity contribution < 1.29 is 4.74 Å². The van der Waals surface area contributed by atoms with E-state index in [1.165, 1.54) is 73.6 Å². The predicted octanol–water partition coefficient (Wildman–Crippen LogP) is 8.62. The van der Waals surface area contributed by atoms with Crippen molar-refractivity contribution in [3.05, 3.63) is 83.6 Å². The fraction of sp³-hybridized carbons (Fsp3) is 0.452. The summed E-state index contributed by atoms with van der Waals surface area (Å²) < 4.78 is 5.85. The lowest BCUT2D eigenvalue weighted by molar-refractivity contribution is 0.305. The standard InChI is InChI=1S/C31H41NO/c1-3-5-7-9-11-26-14-19-29(20-15-26)31-23-18-28(25-32-31)13-12-27-16-21-30(22-17-27)33-24-10-8-6-4-2/h14-23,25H,3-13,24H2,1-2H3. The molecule has 2 nitrogen and oxygen atoms in total. The molecule has 0 bridgehead atoms.